The SMILES string of the molecule is CCc1cc(Nc2ccc(-c3cccc(O)c3)cc2)ccc1/C=N/Nc1ncc(F)c(N2CCOCC2CC)n1. The number of anilines is 4. The van der Waals surface area contributed by atoms with Crippen LogP contribution in [0.25, 0.3) is 11.1 Å². The van der Waals surface area contributed by atoms with Gasteiger partial charge in [0.05, 0.1) is 31.7 Å². The fraction of sp³-hybridized carbons (Fsp3) is 0.258. The Hall–Kier alpha value is -4.50. The molecule has 9 heteroatoms. The highest BCUT2D eigenvalue weighted by atomic mass is 19.1. The van der Waals surface area contributed by atoms with Crippen molar-refractivity contribution in [3.05, 3.63) is 89.9 Å². The molecule has 0 radical (unpaired) electrons. The van der Waals surface area contributed by atoms with E-state index in [0.29, 0.717) is 19.8 Å². The topological polar surface area (TPSA) is 94.9 Å². The van der Waals surface area contributed by atoms with E-state index in [4.69, 9.17) is 4.74 Å². The minimum atomic E-state index is -0.458. The Morgan fingerprint density at radius 2 is 1.90 bits per heavy atom. The van der Waals surface area contributed by atoms with Gasteiger partial charge in [0.1, 0.15) is 5.75 Å². The first-order valence-electron chi connectivity index (χ1n) is 13.5. The van der Waals surface area contributed by atoms with Crippen molar-refractivity contribution in [1.29, 1.82) is 0 Å². The molecule has 206 valence electrons. The van der Waals surface area contributed by atoms with Crippen molar-refractivity contribution in [3.8, 4) is 16.9 Å². The first-order chi connectivity index (χ1) is 19.5. The molecule has 0 aliphatic carbocycles. The number of aromatic nitrogens is 2. The van der Waals surface area contributed by atoms with Crippen LogP contribution in [0.2, 0.25) is 0 Å². The lowest BCUT2D eigenvalue weighted by molar-refractivity contribution is 0.0921. The zero-order valence-corrected chi connectivity index (χ0v) is 22.6. The van der Waals surface area contributed by atoms with Gasteiger partial charge in [0.2, 0.25) is 5.95 Å². The van der Waals surface area contributed by atoms with Crippen LogP contribution in [-0.2, 0) is 11.2 Å². The second-order valence-electron chi connectivity index (χ2n) is 9.59. The van der Waals surface area contributed by atoms with Crippen molar-refractivity contribution in [3.63, 3.8) is 0 Å². The summed E-state index contributed by atoms with van der Waals surface area (Å²) >= 11 is 0. The van der Waals surface area contributed by atoms with E-state index in [2.05, 4.69) is 45.7 Å². The number of aromatic hydroxyl groups is 1. The zero-order valence-electron chi connectivity index (χ0n) is 22.6. The molecule has 1 saturated heterocycles. The Morgan fingerprint density at radius 3 is 2.67 bits per heavy atom. The van der Waals surface area contributed by atoms with E-state index in [-0.39, 0.29) is 23.6 Å². The summed E-state index contributed by atoms with van der Waals surface area (Å²) in [6, 6.07) is 21.5. The summed E-state index contributed by atoms with van der Waals surface area (Å²) in [6.07, 6.45) is 4.55. The summed E-state index contributed by atoms with van der Waals surface area (Å²) in [5, 5.41) is 17.5. The number of phenolic OH excluding ortho intramolecular Hbond substituents is 1. The summed E-state index contributed by atoms with van der Waals surface area (Å²) in [5.41, 5.74) is 8.85. The van der Waals surface area contributed by atoms with Crippen LogP contribution in [-0.4, -0.2) is 47.1 Å². The van der Waals surface area contributed by atoms with Crippen molar-refractivity contribution in [2.45, 2.75) is 32.7 Å². The van der Waals surface area contributed by atoms with Crippen molar-refractivity contribution in [1.82, 2.24) is 9.97 Å². The number of nitrogens with zero attached hydrogens (tertiary/aromatic N) is 4. The number of morpholine rings is 1. The summed E-state index contributed by atoms with van der Waals surface area (Å²) < 4.78 is 20.1. The van der Waals surface area contributed by atoms with Crippen LogP contribution in [0.4, 0.5) is 27.5 Å². The van der Waals surface area contributed by atoms with E-state index in [1.54, 1.807) is 18.3 Å². The third-order valence-electron chi connectivity index (χ3n) is 6.94. The minimum absolute atomic E-state index is 0.0741. The molecule has 1 aliphatic rings. The minimum Gasteiger partial charge on any atom is -0.508 e. The van der Waals surface area contributed by atoms with Crippen LogP contribution < -0.4 is 15.6 Å². The average molecular weight is 541 g/mol. The molecule has 1 fully saturated rings. The van der Waals surface area contributed by atoms with E-state index in [9.17, 15) is 9.50 Å². The standard InChI is InChI=1S/C31H33FN6O2/c1-3-21-16-26(35-25-11-8-22(9-12-25)23-6-5-7-28(39)17-23)13-10-24(21)18-34-37-31-33-19-29(32)30(36-31)38-14-15-40-20-27(38)4-2/h5-13,16-19,27,35,39H,3-4,14-15,20H2,1-2H3,(H,33,36,37)/b34-18+. The maximum absolute atomic E-state index is 14.6. The Morgan fingerprint density at radius 1 is 1.07 bits per heavy atom. The van der Waals surface area contributed by atoms with Gasteiger partial charge in [0.15, 0.2) is 11.6 Å². The summed E-state index contributed by atoms with van der Waals surface area (Å²) in [5.74, 6) is 0.292. The Balaban J connectivity index is 1.25. The van der Waals surface area contributed by atoms with E-state index >= 15 is 0 Å². The summed E-state index contributed by atoms with van der Waals surface area (Å²) in [6.45, 7) is 5.81. The van der Waals surface area contributed by atoms with Gasteiger partial charge in [-0.05, 0) is 71.5 Å². The second kappa shape index (κ2) is 12.6. The lowest BCUT2D eigenvalue weighted by atomic mass is 10.0. The van der Waals surface area contributed by atoms with Crippen molar-refractivity contribution < 1.29 is 14.2 Å². The molecule has 40 heavy (non-hydrogen) atoms. The maximum Gasteiger partial charge on any atom is 0.245 e. The number of hydrogen-bond donors (Lipinski definition) is 3. The molecular formula is C31H33FN6O2. The van der Waals surface area contributed by atoms with Gasteiger partial charge in [0.25, 0.3) is 0 Å². The van der Waals surface area contributed by atoms with Gasteiger partial charge in [0, 0.05) is 17.9 Å². The maximum atomic E-state index is 14.6. The van der Waals surface area contributed by atoms with Gasteiger partial charge >= 0.3 is 0 Å². The second-order valence-corrected chi connectivity index (χ2v) is 9.59. The molecule has 3 aromatic carbocycles. The fourth-order valence-corrected chi connectivity index (χ4v) is 4.76. The highest BCUT2D eigenvalue weighted by molar-refractivity contribution is 5.83. The van der Waals surface area contributed by atoms with Crippen LogP contribution in [0.5, 0.6) is 5.75 Å². The number of ether oxygens (including phenoxy) is 1. The molecular weight excluding hydrogens is 507 g/mol. The highest BCUT2D eigenvalue weighted by Gasteiger charge is 2.25. The monoisotopic (exact) mass is 540 g/mol. The fourth-order valence-electron chi connectivity index (χ4n) is 4.76. The van der Waals surface area contributed by atoms with Crippen molar-refractivity contribution >= 4 is 29.4 Å². The molecule has 3 N–H and O–H groups in total. The normalized spacial score (nSPS) is 15.4. The van der Waals surface area contributed by atoms with Gasteiger partial charge in [-0.3, -0.25) is 0 Å². The lowest BCUT2D eigenvalue weighted by Gasteiger charge is -2.36. The molecule has 0 amide bonds. The Labute approximate surface area is 233 Å². The quantitative estimate of drug-likeness (QED) is 0.168. The summed E-state index contributed by atoms with van der Waals surface area (Å²) in [7, 11) is 0. The molecule has 1 aliphatic heterocycles. The number of benzene rings is 3. The van der Waals surface area contributed by atoms with Gasteiger partial charge in [-0.25, -0.2) is 14.8 Å². The molecule has 1 unspecified atom stereocenters. The molecule has 8 nitrogen and oxygen atoms in total. The van der Waals surface area contributed by atoms with Crippen LogP contribution >= 0.6 is 0 Å². The first-order valence-corrected chi connectivity index (χ1v) is 13.5. The molecule has 1 aromatic heterocycles. The predicted molar refractivity (Wildman–Crippen MR) is 158 cm³/mol. The number of hydrogen-bond acceptors (Lipinski definition) is 8. The van der Waals surface area contributed by atoms with Crippen molar-refractivity contribution in [2.75, 3.05) is 35.4 Å². The largest absolute Gasteiger partial charge is 0.508 e. The van der Waals surface area contributed by atoms with Crippen LogP contribution in [0.3, 0.4) is 0 Å². The molecule has 2 heterocycles. The third kappa shape index (κ3) is 6.38. The van der Waals surface area contributed by atoms with E-state index < -0.39 is 5.82 Å². The number of phenols is 1. The number of halogens is 1. The molecule has 5 rings (SSSR count). The predicted octanol–water partition coefficient (Wildman–Crippen LogP) is 6.36. The van der Waals surface area contributed by atoms with Crippen LogP contribution in [0.1, 0.15) is 31.4 Å². The van der Waals surface area contributed by atoms with Gasteiger partial charge in [-0.1, -0.05) is 44.2 Å². The van der Waals surface area contributed by atoms with E-state index in [1.807, 2.05) is 53.4 Å². The zero-order chi connectivity index (χ0) is 27.9. The van der Waals surface area contributed by atoms with E-state index in [0.717, 1.165) is 46.5 Å². The number of aryl methyl sites for hydroxylation is 1. The first kappa shape index (κ1) is 27.1. The molecule has 0 bridgehead atoms. The molecule has 0 spiro atoms. The number of rotatable bonds is 9. The summed E-state index contributed by atoms with van der Waals surface area (Å²) in [4.78, 5) is 10.4. The average Bonchev–Trinajstić information content (AvgIpc) is 2.99. The van der Waals surface area contributed by atoms with Gasteiger partial charge in [-0.15, -0.1) is 0 Å². The molecule has 1 atom stereocenters. The third-order valence-corrected chi connectivity index (χ3v) is 6.94. The molecule has 4 aromatic rings. The number of nitrogens with one attached hydrogen (secondary N) is 2. The van der Waals surface area contributed by atoms with Gasteiger partial charge < -0.3 is 20.1 Å². The Kier molecular flexibility index (Phi) is 8.51. The van der Waals surface area contributed by atoms with E-state index in [1.165, 1.54) is 6.20 Å². The number of hydrazone groups is 1. The van der Waals surface area contributed by atoms with Crippen molar-refractivity contribution in [2.24, 2.45) is 5.10 Å². The lowest BCUT2D eigenvalue weighted by Crippen LogP contribution is -2.46. The van der Waals surface area contributed by atoms with Crippen LogP contribution in [0.15, 0.2) is 78.0 Å². The highest BCUT2D eigenvalue weighted by Crippen LogP contribution is 2.27. The Bertz CT molecular complexity index is 1480. The van der Waals surface area contributed by atoms with Gasteiger partial charge in [-0.2, -0.15) is 10.1 Å². The molecule has 0 saturated carbocycles. The van der Waals surface area contributed by atoms with Crippen LogP contribution in [0, 0.1) is 5.82 Å². The smallest absolute Gasteiger partial charge is 0.245 e.